The zero-order chi connectivity index (χ0) is 13.9. The minimum Gasteiger partial charge on any atom is -0.494 e. The smallest absolute Gasteiger partial charge is 0.328 e. The van der Waals surface area contributed by atoms with Crippen LogP contribution in [0.5, 0.6) is 5.75 Å². The third kappa shape index (κ3) is 6.75. The van der Waals surface area contributed by atoms with Crippen LogP contribution in [-0.2, 0) is 4.79 Å². The number of nitrogens with zero attached hydrogens (tertiary/aromatic N) is 3. The molecule has 0 aromatic heterocycles. The Hall–Kier alpha value is -2.46. The molecule has 0 fully saturated rings. The molecule has 0 atom stereocenters. The van der Waals surface area contributed by atoms with Crippen LogP contribution in [0.3, 0.4) is 0 Å². The van der Waals surface area contributed by atoms with E-state index in [4.69, 9.17) is 15.4 Å². The molecule has 1 N–H and O–H groups in total. The molecule has 0 saturated heterocycles. The number of rotatable bonds is 8. The molecule has 6 nitrogen and oxygen atoms in total. The summed E-state index contributed by atoms with van der Waals surface area (Å²) in [4.78, 5) is 13.0. The van der Waals surface area contributed by atoms with Crippen molar-refractivity contribution in [1.29, 1.82) is 0 Å². The lowest BCUT2D eigenvalue weighted by Gasteiger charge is -2.05. The normalized spacial score (nSPS) is 10.1. The molecule has 100 valence electrons. The van der Waals surface area contributed by atoms with Gasteiger partial charge in [-0.15, -0.1) is 0 Å². The topological polar surface area (TPSA) is 95.3 Å². The maximum Gasteiger partial charge on any atom is 0.328 e. The van der Waals surface area contributed by atoms with E-state index in [1.165, 1.54) is 6.08 Å². The van der Waals surface area contributed by atoms with Crippen LogP contribution in [0.2, 0.25) is 0 Å². The van der Waals surface area contributed by atoms with Gasteiger partial charge < -0.3 is 9.84 Å². The maximum absolute atomic E-state index is 10.3. The summed E-state index contributed by atoms with van der Waals surface area (Å²) in [6.07, 6.45) is 4.22. The van der Waals surface area contributed by atoms with Gasteiger partial charge in [0.2, 0.25) is 0 Å². The second-order valence-corrected chi connectivity index (χ2v) is 3.75. The van der Waals surface area contributed by atoms with Crippen LogP contribution in [0.25, 0.3) is 16.5 Å². The second-order valence-electron chi connectivity index (χ2n) is 3.75. The van der Waals surface area contributed by atoms with E-state index >= 15 is 0 Å². The number of azide groups is 1. The molecular formula is C13H15N3O3. The van der Waals surface area contributed by atoms with Crippen LogP contribution in [0.15, 0.2) is 35.5 Å². The summed E-state index contributed by atoms with van der Waals surface area (Å²) in [5, 5.41) is 11.9. The molecule has 0 spiro atoms. The van der Waals surface area contributed by atoms with Crippen molar-refractivity contribution < 1.29 is 14.6 Å². The summed E-state index contributed by atoms with van der Waals surface area (Å²) in [5.41, 5.74) is 8.89. The van der Waals surface area contributed by atoms with Gasteiger partial charge in [0.05, 0.1) is 6.61 Å². The molecule has 0 amide bonds. The molecule has 0 radical (unpaired) electrons. The van der Waals surface area contributed by atoms with Crippen molar-refractivity contribution in [3.05, 3.63) is 46.3 Å². The minimum absolute atomic E-state index is 0.485. The third-order valence-electron chi connectivity index (χ3n) is 2.28. The highest BCUT2D eigenvalue weighted by atomic mass is 16.5. The van der Waals surface area contributed by atoms with E-state index < -0.39 is 5.97 Å². The van der Waals surface area contributed by atoms with Crippen LogP contribution in [0.4, 0.5) is 0 Å². The first kappa shape index (κ1) is 14.6. The number of carbonyl (C=O) groups is 1. The van der Waals surface area contributed by atoms with Gasteiger partial charge in [0.25, 0.3) is 0 Å². The van der Waals surface area contributed by atoms with Crippen molar-refractivity contribution in [2.75, 3.05) is 13.2 Å². The van der Waals surface area contributed by atoms with Gasteiger partial charge in [-0.3, -0.25) is 0 Å². The number of aliphatic carboxylic acids is 1. The minimum atomic E-state index is -0.972. The van der Waals surface area contributed by atoms with Crippen molar-refractivity contribution >= 4 is 12.0 Å². The van der Waals surface area contributed by atoms with E-state index in [1.807, 2.05) is 0 Å². The molecule has 19 heavy (non-hydrogen) atoms. The molecule has 6 heteroatoms. The van der Waals surface area contributed by atoms with Crippen molar-refractivity contribution in [2.45, 2.75) is 12.8 Å². The molecule has 1 aromatic carbocycles. The van der Waals surface area contributed by atoms with E-state index in [2.05, 4.69) is 10.0 Å². The Morgan fingerprint density at radius 3 is 2.74 bits per heavy atom. The zero-order valence-corrected chi connectivity index (χ0v) is 10.4. The summed E-state index contributed by atoms with van der Waals surface area (Å²) in [7, 11) is 0. The summed E-state index contributed by atoms with van der Waals surface area (Å²) in [6, 6.07) is 7.15. The summed E-state index contributed by atoms with van der Waals surface area (Å²) >= 11 is 0. The van der Waals surface area contributed by atoms with Crippen molar-refractivity contribution in [3.8, 4) is 5.75 Å². The molecule has 0 saturated carbocycles. The number of ether oxygens (including phenoxy) is 1. The van der Waals surface area contributed by atoms with Crippen molar-refractivity contribution in [2.24, 2.45) is 5.11 Å². The summed E-state index contributed by atoms with van der Waals surface area (Å²) < 4.78 is 5.49. The fraction of sp³-hybridized carbons (Fsp3) is 0.308. The van der Waals surface area contributed by atoms with Gasteiger partial charge in [-0.1, -0.05) is 17.2 Å². The molecule has 0 unspecified atom stereocenters. The van der Waals surface area contributed by atoms with Crippen molar-refractivity contribution in [1.82, 2.24) is 0 Å². The van der Waals surface area contributed by atoms with Crippen LogP contribution < -0.4 is 4.74 Å². The van der Waals surface area contributed by atoms with E-state index in [9.17, 15) is 4.79 Å². The highest BCUT2D eigenvalue weighted by Gasteiger charge is 1.94. The quantitative estimate of drug-likeness (QED) is 0.256. The lowest BCUT2D eigenvalue weighted by Crippen LogP contribution is -1.97. The number of carboxylic acid groups (broad SMARTS) is 1. The Bertz CT molecular complexity index is 476. The maximum atomic E-state index is 10.3. The van der Waals surface area contributed by atoms with Gasteiger partial charge in [0.1, 0.15) is 5.75 Å². The monoisotopic (exact) mass is 261 g/mol. The van der Waals surface area contributed by atoms with E-state index in [0.29, 0.717) is 13.2 Å². The molecule has 0 aliphatic carbocycles. The molecule has 0 aliphatic rings. The van der Waals surface area contributed by atoms with Crippen molar-refractivity contribution in [3.63, 3.8) is 0 Å². The van der Waals surface area contributed by atoms with Crippen LogP contribution in [-0.4, -0.2) is 24.2 Å². The van der Waals surface area contributed by atoms with Gasteiger partial charge in [-0.25, -0.2) is 4.79 Å². The standard InChI is InChI=1S/C13H15N3O3/c14-16-15-9-1-2-10-19-12-6-3-11(4-7-12)5-8-13(17)18/h3-8H,1-2,9-10H2,(H,17,18)/b8-5+. The van der Waals surface area contributed by atoms with Crippen LogP contribution >= 0.6 is 0 Å². The first-order valence-electron chi connectivity index (χ1n) is 5.87. The average Bonchev–Trinajstić information content (AvgIpc) is 2.41. The highest BCUT2D eigenvalue weighted by molar-refractivity contribution is 5.85. The third-order valence-corrected chi connectivity index (χ3v) is 2.28. The molecule has 0 aliphatic heterocycles. The van der Waals surface area contributed by atoms with E-state index in [-0.39, 0.29) is 0 Å². The van der Waals surface area contributed by atoms with Crippen LogP contribution in [0.1, 0.15) is 18.4 Å². The molecule has 1 rings (SSSR count). The zero-order valence-electron chi connectivity index (χ0n) is 10.4. The van der Waals surface area contributed by atoms with Gasteiger partial charge in [0.15, 0.2) is 0 Å². The van der Waals surface area contributed by atoms with Gasteiger partial charge in [0, 0.05) is 17.5 Å². The van der Waals surface area contributed by atoms with Gasteiger partial charge in [-0.05, 0) is 42.1 Å². The van der Waals surface area contributed by atoms with Gasteiger partial charge >= 0.3 is 5.97 Å². The Morgan fingerprint density at radius 1 is 1.37 bits per heavy atom. The fourth-order valence-corrected chi connectivity index (χ4v) is 1.36. The Kier molecular flexibility index (Phi) is 6.61. The second kappa shape index (κ2) is 8.60. The van der Waals surface area contributed by atoms with E-state index in [1.54, 1.807) is 24.3 Å². The van der Waals surface area contributed by atoms with E-state index in [0.717, 1.165) is 30.2 Å². The highest BCUT2D eigenvalue weighted by Crippen LogP contribution is 2.13. The Morgan fingerprint density at radius 2 is 2.11 bits per heavy atom. The lowest BCUT2D eigenvalue weighted by atomic mass is 10.2. The predicted molar refractivity (Wildman–Crippen MR) is 71.9 cm³/mol. The molecule has 1 aromatic rings. The summed E-state index contributed by atoms with van der Waals surface area (Å²) in [6.45, 7) is 1.05. The number of hydrogen-bond donors (Lipinski definition) is 1. The first-order chi connectivity index (χ1) is 9.22. The molecule has 0 heterocycles. The molecule has 0 bridgehead atoms. The number of hydrogen-bond acceptors (Lipinski definition) is 3. The fourth-order valence-electron chi connectivity index (χ4n) is 1.36. The Balaban J connectivity index is 2.32. The Labute approximate surface area is 110 Å². The lowest BCUT2D eigenvalue weighted by molar-refractivity contribution is -0.131. The number of benzene rings is 1. The SMILES string of the molecule is [N-]=[N+]=NCCCCOc1ccc(/C=C/C(=O)O)cc1. The average molecular weight is 261 g/mol. The summed E-state index contributed by atoms with van der Waals surface area (Å²) in [5.74, 6) is -0.239. The number of unbranched alkanes of at least 4 members (excludes halogenated alkanes) is 1. The number of carboxylic acids is 1. The first-order valence-corrected chi connectivity index (χ1v) is 5.87. The van der Waals surface area contributed by atoms with Crippen LogP contribution in [0, 0.1) is 0 Å². The van der Waals surface area contributed by atoms with Gasteiger partial charge in [-0.2, -0.15) is 0 Å². The molecular weight excluding hydrogens is 246 g/mol. The largest absolute Gasteiger partial charge is 0.494 e. The predicted octanol–water partition coefficient (Wildman–Crippen LogP) is 3.25.